The van der Waals surface area contributed by atoms with Crippen LogP contribution in [-0.4, -0.2) is 35.4 Å². The SMILES string of the molecule is NCC1(C(=O)Nc2cccc(-n3cccn3)c2)CCOCC1. The quantitative estimate of drug-likeness (QED) is 0.898. The number of carbonyl (C=O) groups is 1. The molecule has 1 fully saturated rings. The number of amides is 1. The summed E-state index contributed by atoms with van der Waals surface area (Å²) in [5.74, 6) is -0.0316. The molecule has 0 bridgehead atoms. The highest BCUT2D eigenvalue weighted by Gasteiger charge is 2.38. The van der Waals surface area contributed by atoms with Crippen LogP contribution in [-0.2, 0) is 9.53 Å². The van der Waals surface area contributed by atoms with Gasteiger partial charge in [-0.25, -0.2) is 4.68 Å². The molecule has 0 atom stereocenters. The molecule has 1 aliphatic heterocycles. The summed E-state index contributed by atoms with van der Waals surface area (Å²) in [4.78, 5) is 12.6. The number of carbonyl (C=O) groups excluding carboxylic acids is 1. The molecule has 1 amide bonds. The van der Waals surface area contributed by atoms with Crippen LogP contribution in [0.5, 0.6) is 0 Å². The Morgan fingerprint density at radius 2 is 2.18 bits per heavy atom. The molecule has 0 aliphatic carbocycles. The van der Waals surface area contributed by atoms with Crippen molar-refractivity contribution < 1.29 is 9.53 Å². The van der Waals surface area contributed by atoms with Crippen LogP contribution >= 0.6 is 0 Å². The monoisotopic (exact) mass is 300 g/mol. The lowest BCUT2D eigenvalue weighted by atomic mass is 9.79. The molecule has 116 valence electrons. The van der Waals surface area contributed by atoms with Crippen molar-refractivity contribution in [1.82, 2.24) is 9.78 Å². The topological polar surface area (TPSA) is 82.2 Å². The second-order valence-electron chi connectivity index (χ2n) is 5.55. The van der Waals surface area contributed by atoms with Crippen molar-refractivity contribution >= 4 is 11.6 Å². The lowest BCUT2D eigenvalue weighted by Gasteiger charge is -2.34. The Hall–Kier alpha value is -2.18. The molecule has 0 radical (unpaired) electrons. The number of nitrogens with zero attached hydrogens (tertiary/aromatic N) is 2. The molecule has 1 aromatic carbocycles. The van der Waals surface area contributed by atoms with E-state index in [2.05, 4.69) is 10.4 Å². The molecular weight excluding hydrogens is 280 g/mol. The zero-order chi connectivity index (χ0) is 15.4. The van der Waals surface area contributed by atoms with Gasteiger partial charge in [-0.1, -0.05) is 6.07 Å². The van der Waals surface area contributed by atoms with Crippen molar-refractivity contribution in [3.05, 3.63) is 42.7 Å². The number of benzene rings is 1. The van der Waals surface area contributed by atoms with Crippen LogP contribution in [0, 0.1) is 5.41 Å². The second kappa shape index (κ2) is 6.29. The predicted molar refractivity (Wildman–Crippen MR) is 83.7 cm³/mol. The molecule has 6 heteroatoms. The van der Waals surface area contributed by atoms with Crippen molar-refractivity contribution in [3.8, 4) is 5.69 Å². The molecule has 1 aromatic heterocycles. The van der Waals surface area contributed by atoms with Crippen LogP contribution in [0.25, 0.3) is 5.69 Å². The molecule has 0 spiro atoms. The molecule has 3 rings (SSSR count). The van der Waals surface area contributed by atoms with Crippen LogP contribution in [0.1, 0.15) is 12.8 Å². The average Bonchev–Trinajstić information content (AvgIpc) is 3.10. The fraction of sp³-hybridized carbons (Fsp3) is 0.375. The Morgan fingerprint density at radius 1 is 1.36 bits per heavy atom. The maximum absolute atomic E-state index is 12.6. The molecule has 22 heavy (non-hydrogen) atoms. The third-order valence-electron chi connectivity index (χ3n) is 4.20. The number of aromatic nitrogens is 2. The average molecular weight is 300 g/mol. The Bertz CT molecular complexity index is 633. The fourth-order valence-electron chi connectivity index (χ4n) is 2.70. The van der Waals surface area contributed by atoms with Gasteiger partial charge in [-0.05, 0) is 37.1 Å². The van der Waals surface area contributed by atoms with Crippen LogP contribution < -0.4 is 11.1 Å². The van der Waals surface area contributed by atoms with E-state index >= 15 is 0 Å². The third kappa shape index (κ3) is 2.88. The number of rotatable bonds is 4. The number of hydrogen-bond donors (Lipinski definition) is 2. The molecular formula is C16H20N4O2. The minimum atomic E-state index is -0.528. The molecule has 2 heterocycles. The lowest BCUT2D eigenvalue weighted by Crippen LogP contribution is -2.46. The minimum Gasteiger partial charge on any atom is -0.381 e. The highest BCUT2D eigenvalue weighted by atomic mass is 16.5. The Labute approximate surface area is 129 Å². The van der Waals surface area contributed by atoms with E-state index in [1.54, 1.807) is 10.9 Å². The van der Waals surface area contributed by atoms with Crippen LogP contribution in [0.3, 0.4) is 0 Å². The summed E-state index contributed by atoms with van der Waals surface area (Å²) in [6, 6.07) is 9.46. The van der Waals surface area contributed by atoms with Crippen LogP contribution in [0.15, 0.2) is 42.7 Å². The molecule has 0 unspecified atom stereocenters. The smallest absolute Gasteiger partial charge is 0.232 e. The summed E-state index contributed by atoms with van der Waals surface area (Å²) in [5.41, 5.74) is 6.99. The number of ether oxygens (including phenoxy) is 1. The number of anilines is 1. The van der Waals surface area contributed by atoms with Crippen molar-refractivity contribution in [1.29, 1.82) is 0 Å². The van der Waals surface area contributed by atoms with E-state index in [4.69, 9.17) is 10.5 Å². The Kier molecular flexibility index (Phi) is 4.22. The third-order valence-corrected chi connectivity index (χ3v) is 4.20. The van der Waals surface area contributed by atoms with E-state index in [1.165, 1.54) is 0 Å². The van der Waals surface area contributed by atoms with E-state index in [0.29, 0.717) is 32.6 Å². The van der Waals surface area contributed by atoms with Crippen molar-refractivity contribution in [2.45, 2.75) is 12.8 Å². The first-order chi connectivity index (χ1) is 10.7. The highest BCUT2D eigenvalue weighted by Crippen LogP contribution is 2.31. The standard InChI is InChI=1S/C16H20N4O2/c17-12-16(5-9-22-10-6-16)15(21)19-13-3-1-4-14(11-13)20-8-2-7-18-20/h1-4,7-8,11H,5-6,9-10,12,17H2,(H,19,21). The summed E-state index contributed by atoms with van der Waals surface area (Å²) < 4.78 is 7.10. The Morgan fingerprint density at radius 3 is 2.86 bits per heavy atom. The zero-order valence-electron chi connectivity index (χ0n) is 12.4. The Balaban J connectivity index is 1.78. The van der Waals surface area contributed by atoms with E-state index in [0.717, 1.165) is 11.4 Å². The number of nitrogens with two attached hydrogens (primary N) is 1. The largest absolute Gasteiger partial charge is 0.381 e. The van der Waals surface area contributed by atoms with E-state index < -0.39 is 5.41 Å². The highest BCUT2D eigenvalue weighted by molar-refractivity contribution is 5.95. The van der Waals surface area contributed by atoms with E-state index in [-0.39, 0.29) is 5.91 Å². The van der Waals surface area contributed by atoms with Crippen molar-refractivity contribution in [2.75, 3.05) is 25.1 Å². The van der Waals surface area contributed by atoms with Gasteiger partial charge in [-0.15, -0.1) is 0 Å². The van der Waals surface area contributed by atoms with Gasteiger partial charge in [0.25, 0.3) is 0 Å². The molecule has 6 nitrogen and oxygen atoms in total. The first-order valence-corrected chi connectivity index (χ1v) is 7.43. The van der Waals surface area contributed by atoms with Gasteiger partial charge < -0.3 is 15.8 Å². The summed E-state index contributed by atoms with van der Waals surface area (Å²) in [7, 11) is 0. The molecule has 0 saturated carbocycles. The van der Waals surface area contributed by atoms with Gasteiger partial charge in [0.05, 0.1) is 11.1 Å². The molecule has 1 aliphatic rings. The summed E-state index contributed by atoms with van der Waals surface area (Å²) >= 11 is 0. The summed E-state index contributed by atoms with van der Waals surface area (Å²) in [6.45, 7) is 1.50. The predicted octanol–water partition coefficient (Wildman–Crippen LogP) is 1.57. The van der Waals surface area contributed by atoms with Gasteiger partial charge in [0, 0.05) is 37.8 Å². The maximum atomic E-state index is 12.6. The van der Waals surface area contributed by atoms with Crippen LogP contribution in [0.4, 0.5) is 5.69 Å². The van der Waals surface area contributed by atoms with Crippen molar-refractivity contribution in [2.24, 2.45) is 11.1 Å². The van der Waals surface area contributed by atoms with Gasteiger partial charge in [0.15, 0.2) is 0 Å². The molecule has 3 N–H and O–H groups in total. The maximum Gasteiger partial charge on any atom is 0.232 e. The lowest BCUT2D eigenvalue weighted by molar-refractivity contribution is -0.130. The first kappa shape index (κ1) is 14.7. The number of hydrogen-bond acceptors (Lipinski definition) is 4. The van der Waals surface area contributed by atoms with E-state index in [1.807, 2.05) is 36.5 Å². The number of nitrogens with one attached hydrogen (secondary N) is 1. The van der Waals surface area contributed by atoms with Gasteiger partial charge >= 0.3 is 0 Å². The molecule has 1 saturated heterocycles. The van der Waals surface area contributed by atoms with Gasteiger partial charge in [0.1, 0.15) is 0 Å². The normalized spacial score (nSPS) is 17.1. The minimum absolute atomic E-state index is 0.0316. The molecule has 2 aromatic rings. The first-order valence-electron chi connectivity index (χ1n) is 7.43. The van der Waals surface area contributed by atoms with Gasteiger partial charge in [-0.2, -0.15) is 5.10 Å². The van der Waals surface area contributed by atoms with Gasteiger partial charge in [-0.3, -0.25) is 4.79 Å². The second-order valence-corrected chi connectivity index (χ2v) is 5.55. The van der Waals surface area contributed by atoms with Gasteiger partial charge in [0.2, 0.25) is 5.91 Å². The fourth-order valence-corrected chi connectivity index (χ4v) is 2.70. The van der Waals surface area contributed by atoms with E-state index in [9.17, 15) is 4.79 Å². The summed E-state index contributed by atoms with van der Waals surface area (Å²) in [6.07, 6.45) is 4.90. The van der Waals surface area contributed by atoms with Crippen LogP contribution in [0.2, 0.25) is 0 Å². The zero-order valence-corrected chi connectivity index (χ0v) is 12.4. The summed E-state index contributed by atoms with van der Waals surface area (Å²) in [5, 5.41) is 7.18. The van der Waals surface area contributed by atoms with Crippen molar-refractivity contribution in [3.63, 3.8) is 0 Å².